The summed E-state index contributed by atoms with van der Waals surface area (Å²) in [7, 11) is 0. The average molecular weight is 269 g/mol. The van der Waals surface area contributed by atoms with E-state index in [2.05, 4.69) is 29.5 Å². The van der Waals surface area contributed by atoms with Crippen molar-refractivity contribution >= 4 is 5.91 Å². The van der Waals surface area contributed by atoms with Gasteiger partial charge >= 0.3 is 0 Å². The molecule has 0 saturated heterocycles. The van der Waals surface area contributed by atoms with Crippen molar-refractivity contribution in [3.8, 4) is 0 Å². The van der Waals surface area contributed by atoms with E-state index in [1.807, 2.05) is 24.4 Å². The molecule has 20 heavy (non-hydrogen) atoms. The molecule has 1 atom stereocenters. The fourth-order valence-electron chi connectivity index (χ4n) is 2.34. The fourth-order valence-corrected chi connectivity index (χ4v) is 2.34. The third-order valence-electron chi connectivity index (χ3n) is 3.77. The van der Waals surface area contributed by atoms with Crippen molar-refractivity contribution in [1.82, 2.24) is 15.1 Å². The van der Waals surface area contributed by atoms with Crippen molar-refractivity contribution in [3.05, 3.63) is 53.9 Å². The third-order valence-corrected chi connectivity index (χ3v) is 3.77. The minimum absolute atomic E-state index is 0.0243. The number of amides is 1. The van der Waals surface area contributed by atoms with E-state index in [1.165, 1.54) is 18.4 Å². The van der Waals surface area contributed by atoms with Crippen molar-refractivity contribution in [2.24, 2.45) is 5.92 Å². The molecule has 1 N–H and O–H groups in total. The quantitative estimate of drug-likeness (QED) is 0.906. The van der Waals surface area contributed by atoms with Gasteiger partial charge in [0.25, 0.3) is 5.91 Å². The molecule has 2 aromatic rings. The van der Waals surface area contributed by atoms with Gasteiger partial charge in [0.05, 0.1) is 18.3 Å². The van der Waals surface area contributed by atoms with Crippen molar-refractivity contribution in [3.63, 3.8) is 0 Å². The highest BCUT2D eigenvalue weighted by molar-refractivity contribution is 5.93. The Hall–Kier alpha value is -2.10. The number of benzene rings is 1. The van der Waals surface area contributed by atoms with E-state index < -0.39 is 0 Å². The maximum absolute atomic E-state index is 12.1. The van der Waals surface area contributed by atoms with Crippen LogP contribution in [-0.2, 0) is 6.54 Å². The molecule has 0 radical (unpaired) electrons. The number of hydrogen-bond donors (Lipinski definition) is 1. The molecule has 1 unspecified atom stereocenters. The summed E-state index contributed by atoms with van der Waals surface area (Å²) in [6, 6.07) is 10.4. The van der Waals surface area contributed by atoms with E-state index >= 15 is 0 Å². The number of aromatic nitrogens is 2. The molecule has 1 saturated carbocycles. The van der Waals surface area contributed by atoms with Gasteiger partial charge in [-0.1, -0.05) is 30.3 Å². The predicted octanol–water partition coefficient (Wildman–Crippen LogP) is 2.46. The second-order valence-electron chi connectivity index (χ2n) is 5.51. The van der Waals surface area contributed by atoms with Gasteiger partial charge in [0.15, 0.2) is 0 Å². The van der Waals surface area contributed by atoms with Crippen molar-refractivity contribution in [2.75, 3.05) is 0 Å². The first-order valence-corrected chi connectivity index (χ1v) is 7.09. The lowest BCUT2D eigenvalue weighted by Gasteiger charge is -2.11. The lowest BCUT2D eigenvalue weighted by molar-refractivity contribution is 0.0936. The van der Waals surface area contributed by atoms with Crippen LogP contribution in [0.3, 0.4) is 0 Å². The van der Waals surface area contributed by atoms with E-state index in [0.29, 0.717) is 18.0 Å². The van der Waals surface area contributed by atoms with Gasteiger partial charge in [0, 0.05) is 12.2 Å². The summed E-state index contributed by atoms with van der Waals surface area (Å²) in [6.07, 6.45) is 5.91. The lowest BCUT2D eigenvalue weighted by Crippen LogP contribution is -2.33. The van der Waals surface area contributed by atoms with Gasteiger partial charge in [-0.05, 0) is 31.2 Å². The summed E-state index contributed by atoms with van der Waals surface area (Å²) in [6.45, 7) is 2.76. The van der Waals surface area contributed by atoms with E-state index in [-0.39, 0.29) is 11.9 Å². The molecule has 1 amide bonds. The van der Waals surface area contributed by atoms with Gasteiger partial charge in [-0.2, -0.15) is 5.10 Å². The number of carbonyl (C=O) groups is 1. The summed E-state index contributed by atoms with van der Waals surface area (Å²) in [5.41, 5.74) is 1.81. The molecule has 0 spiro atoms. The average Bonchev–Trinajstić information content (AvgIpc) is 3.20. The SMILES string of the molecule is CC(NC(=O)c1cnn(Cc2ccccc2)c1)C1CC1. The topological polar surface area (TPSA) is 46.9 Å². The molecule has 1 aromatic heterocycles. The smallest absolute Gasteiger partial charge is 0.254 e. The normalized spacial score (nSPS) is 15.8. The van der Waals surface area contributed by atoms with Crippen LogP contribution in [0.2, 0.25) is 0 Å². The van der Waals surface area contributed by atoms with Crippen LogP contribution in [0.25, 0.3) is 0 Å². The molecule has 3 rings (SSSR count). The van der Waals surface area contributed by atoms with Crippen LogP contribution in [0.1, 0.15) is 35.7 Å². The summed E-state index contributed by atoms with van der Waals surface area (Å²) < 4.78 is 1.80. The van der Waals surface area contributed by atoms with E-state index in [0.717, 1.165) is 0 Å². The minimum atomic E-state index is -0.0243. The molecule has 1 aromatic carbocycles. The Morgan fingerprint density at radius 2 is 2.15 bits per heavy atom. The maximum Gasteiger partial charge on any atom is 0.254 e. The van der Waals surface area contributed by atoms with Crippen LogP contribution in [-0.4, -0.2) is 21.7 Å². The highest BCUT2D eigenvalue weighted by Crippen LogP contribution is 2.32. The lowest BCUT2D eigenvalue weighted by atomic mass is 10.2. The van der Waals surface area contributed by atoms with Crippen LogP contribution < -0.4 is 5.32 Å². The van der Waals surface area contributed by atoms with Gasteiger partial charge in [-0.25, -0.2) is 0 Å². The largest absolute Gasteiger partial charge is 0.349 e. The number of nitrogens with zero attached hydrogens (tertiary/aromatic N) is 2. The Kier molecular flexibility index (Phi) is 3.54. The molecular weight excluding hydrogens is 250 g/mol. The second-order valence-corrected chi connectivity index (χ2v) is 5.51. The zero-order valence-corrected chi connectivity index (χ0v) is 11.6. The molecule has 0 bridgehead atoms. The Balaban J connectivity index is 1.62. The van der Waals surface area contributed by atoms with Crippen LogP contribution in [0.15, 0.2) is 42.7 Å². The molecule has 4 nitrogen and oxygen atoms in total. The number of nitrogens with one attached hydrogen (secondary N) is 1. The molecule has 0 aliphatic heterocycles. The predicted molar refractivity (Wildman–Crippen MR) is 77.4 cm³/mol. The van der Waals surface area contributed by atoms with Gasteiger partial charge in [-0.15, -0.1) is 0 Å². The molecule has 1 aliphatic carbocycles. The molecule has 1 fully saturated rings. The number of rotatable bonds is 5. The first-order valence-electron chi connectivity index (χ1n) is 7.09. The van der Waals surface area contributed by atoms with Crippen molar-refractivity contribution in [2.45, 2.75) is 32.4 Å². The van der Waals surface area contributed by atoms with Gasteiger partial charge < -0.3 is 5.32 Å². The number of hydrogen-bond acceptors (Lipinski definition) is 2. The van der Waals surface area contributed by atoms with E-state index in [1.54, 1.807) is 10.9 Å². The Morgan fingerprint density at radius 3 is 2.85 bits per heavy atom. The van der Waals surface area contributed by atoms with E-state index in [9.17, 15) is 4.79 Å². The van der Waals surface area contributed by atoms with Crippen LogP contribution in [0.5, 0.6) is 0 Å². The molecule has 1 aliphatic rings. The fraction of sp³-hybridized carbons (Fsp3) is 0.375. The van der Waals surface area contributed by atoms with Crippen LogP contribution in [0.4, 0.5) is 0 Å². The first-order chi connectivity index (χ1) is 9.72. The highest BCUT2D eigenvalue weighted by atomic mass is 16.1. The molecular formula is C16H19N3O. The third kappa shape index (κ3) is 3.07. The Labute approximate surface area is 118 Å². The summed E-state index contributed by atoms with van der Waals surface area (Å²) in [4.78, 5) is 12.1. The highest BCUT2D eigenvalue weighted by Gasteiger charge is 2.29. The zero-order chi connectivity index (χ0) is 13.9. The van der Waals surface area contributed by atoms with Gasteiger partial charge in [-0.3, -0.25) is 9.48 Å². The molecule has 4 heteroatoms. The first kappa shape index (κ1) is 12.9. The van der Waals surface area contributed by atoms with Gasteiger partial charge in [0.1, 0.15) is 0 Å². The Bertz CT molecular complexity index is 587. The standard InChI is InChI=1S/C16H19N3O/c1-12(14-7-8-14)18-16(20)15-9-17-19(11-15)10-13-5-3-2-4-6-13/h2-6,9,11-12,14H,7-8,10H2,1H3,(H,18,20). The van der Waals surface area contributed by atoms with Crippen LogP contribution >= 0.6 is 0 Å². The minimum Gasteiger partial charge on any atom is -0.349 e. The monoisotopic (exact) mass is 269 g/mol. The van der Waals surface area contributed by atoms with Crippen molar-refractivity contribution < 1.29 is 4.79 Å². The summed E-state index contributed by atoms with van der Waals surface area (Å²) >= 11 is 0. The second kappa shape index (κ2) is 5.49. The summed E-state index contributed by atoms with van der Waals surface area (Å²) in [5, 5.41) is 7.30. The number of carbonyl (C=O) groups excluding carboxylic acids is 1. The van der Waals surface area contributed by atoms with Gasteiger partial charge in [0.2, 0.25) is 0 Å². The van der Waals surface area contributed by atoms with E-state index in [4.69, 9.17) is 0 Å². The zero-order valence-electron chi connectivity index (χ0n) is 11.6. The Morgan fingerprint density at radius 1 is 1.40 bits per heavy atom. The molecule has 1 heterocycles. The van der Waals surface area contributed by atoms with Crippen LogP contribution in [0, 0.1) is 5.92 Å². The maximum atomic E-state index is 12.1. The summed E-state index contributed by atoms with van der Waals surface area (Å²) in [5.74, 6) is 0.641. The van der Waals surface area contributed by atoms with Crippen molar-refractivity contribution in [1.29, 1.82) is 0 Å². The molecule has 104 valence electrons.